The predicted octanol–water partition coefficient (Wildman–Crippen LogP) is 3.18. The maximum absolute atomic E-state index is 9.62. The summed E-state index contributed by atoms with van der Waals surface area (Å²) in [6, 6.07) is 16.7. The van der Waals surface area contributed by atoms with Crippen LogP contribution in [0, 0.1) is 0 Å². The first-order chi connectivity index (χ1) is 8.27. The number of aliphatic hydroxyl groups is 1. The lowest BCUT2D eigenvalue weighted by Crippen LogP contribution is -2.11. The van der Waals surface area contributed by atoms with Crippen LogP contribution in [0.2, 0.25) is 0 Å². The van der Waals surface area contributed by atoms with Crippen LogP contribution in [0.5, 0.6) is 0 Å². The van der Waals surface area contributed by atoms with E-state index in [0.717, 1.165) is 0 Å². The Balaban J connectivity index is 2.41. The molecule has 2 heteroatoms. The summed E-state index contributed by atoms with van der Waals surface area (Å²) in [6.07, 6.45) is -0.339. The van der Waals surface area contributed by atoms with Crippen molar-refractivity contribution in [2.75, 3.05) is 0 Å². The molecule has 1 atom stereocenters. The highest BCUT2D eigenvalue weighted by Gasteiger charge is 2.10. The first-order valence-electron chi connectivity index (χ1n) is 5.91. The van der Waals surface area contributed by atoms with E-state index in [1.165, 1.54) is 21.8 Å². The summed E-state index contributed by atoms with van der Waals surface area (Å²) in [7, 11) is 0. The SMILES string of the molecule is CC(O)Cn1c2ccccc2c2ccccc21. The third-order valence-electron chi connectivity index (χ3n) is 3.13. The van der Waals surface area contributed by atoms with Crippen molar-refractivity contribution < 1.29 is 5.11 Å². The van der Waals surface area contributed by atoms with Crippen molar-refractivity contribution in [3.05, 3.63) is 48.5 Å². The van der Waals surface area contributed by atoms with E-state index in [9.17, 15) is 5.11 Å². The van der Waals surface area contributed by atoms with Crippen LogP contribution in [0.4, 0.5) is 0 Å². The third kappa shape index (κ3) is 1.61. The van der Waals surface area contributed by atoms with Gasteiger partial charge in [-0.15, -0.1) is 0 Å². The molecule has 0 aliphatic carbocycles. The van der Waals surface area contributed by atoms with Crippen molar-refractivity contribution in [3.63, 3.8) is 0 Å². The summed E-state index contributed by atoms with van der Waals surface area (Å²) in [4.78, 5) is 0. The van der Waals surface area contributed by atoms with Crippen LogP contribution in [0.1, 0.15) is 6.92 Å². The molecule has 3 aromatic rings. The van der Waals surface area contributed by atoms with Gasteiger partial charge in [-0.1, -0.05) is 36.4 Å². The molecule has 1 N–H and O–H groups in total. The maximum Gasteiger partial charge on any atom is 0.0691 e. The summed E-state index contributed by atoms with van der Waals surface area (Å²) in [5, 5.41) is 12.1. The van der Waals surface area contributed by atoms with Crippen LogP contribution >= 0.6 is 0 Å². The van der Waals surface area contributed by atoms with Gasteiger partial charge in [0.1, 0.15) is 0 Å². The van der Waals surface area contributed by atoms with E-state index >= 15 is 0 Å². The lowest BCUT2D eigenvalue weighted by molar-refractivity contribution is 0.176. The average Bonchev–Trinajstić information content (AvgIpc) is 2.65. The molecule has 2 nitrogen and oxygen atoms in total. The number of nitrogens with zero attached hydrogens (tertiary/aromatic N) is 1. The summed E-state index contributed by atoms with van der Waals surface area (Å²) >= 11 is 0. The molecule has 0 fully saturated rings. The molecule has 0 saturated heterocycles. The second kappa shape index (κ2) is 3.90. The van der Waals surface area contributed by atoms with Crippen molar-refractivity contribution in [2.24, 2.45) is 0 Å². The van der Waals surface area contributed by atoms with Crippen molar-refractivity contribution in [1.29, 1.82) is 0 Å². The Labute approximate surface area is 100 Å². The Hall–Kier alpha value is -1.80. The number of aromatic nitrogens is 1. The summed E-state index contributed by atoms with van der Waals surface area (Å²) in [6.45, 7) is 2.46. The van der Waals surface area contributed by atoms with Gasteiger partial charge in [-0.2, -0.15) is 0 Å². The molecule has 86 valence electrons. The van der Waals surface area contributed by atoms with Crippen LogP contribution in [0.25, 0.3) is 21.8 Å². The van der Waals surface area contributed by atoms with Crippen LogP contribution in [-0.2, 0) is 6.54 Å². The number of para-hydroxylation sites is 2. The Morgan fingerprint density at radius 2 is 1.41 bits per heavy atom. The zero-order chi connectivity index (χ0) is 11.8. The highest BCUT2D eigenvalue weighted by atomic mass is 16.3. The Kier molecular flexibility index (Phi) is 2.37. The zero-order valence-corrected chi connectivity index (χ0v) is 9.80. The fourth-order valence-electron chi connectivity index (χ4n) is 2.46. The molecule has 0 spiro atoms. The first kappa shape index (κ1) is 10.4. The predicted molar refractivity (Wildman–Crippen MR) is 71.1 cm³/mol. The molecule has 0 bridgehead atoms. The number of rotatable bonds is 2. The monoisotopic (exact) mass is 225 g/mol. The molecule has 1 unspecified atom stereocenters. The fraction of sp³-hybridized carbons (Fsp3) is 0.200. The third-order valence-corrected chi connectivity index (χ3v) is 3.13. The van der Waals surface area contributed by atoms with Gasteiger partial charge in [-0.05, 0) is 19.1 Å². The van der Waals surface area contributed by atoms with Gasteiger partial charge >= 0.3 is 0 Å². The average molecular weight is 225 g/mol. The van der Waals surface area contributed by atoms with E-state index in [0.29, 0.717) is 6.54 Å². The van der Waals surface area contributed by atoms with Gasteiger partial charge in [-0.25, -0.2) is 0 Å². The molecule has 3 rings (SSSR count). The van der Waals surface area contributed by atoms with Gasteiger partial charge in [0.15, 0.2) is 0 Å². The summed E-state index contributed by atoms with van der Waals surface area (Å²) in [5.41, 5.74) is 2.38. The molecule has 0 amide bonds. The molecule has 0 saturated carbocycles. The summed E-state index contributed by atoms with van der Waals surface area (Å²) < 4.78 is 2.19. The van der Waals surface area contributed by atoms with Gasteiger partial charge in [-0.3, -0.25) is 0 Å². The summed E-state index contributed by atoms with van der Waals surface area (Å²) in [5.74, 6) is 0. The molecule has 1 aromatic heterocycles. The van der Waals surface area contributed by atoms with E-state index in [1.807, 2.05) is 19.1 Å². The topological polar surface area (TPSA) is 25.2 Å². The fourth-order valence-corrected chi connectivity index (χ4v) is 2.46. The zero-order valence-electron chi connectivity index (χ0n) is 9.80. The molecule has 0 aliphatic rings. The van der Waals surface area contributed by atoms with Crippen molar-refractivity contribution in [2.45, 2.75) is 19.6 Å². The normalized spacial score (nSPS) is 13.3. The molecule has 0 radical (unpaired) electrons. The Bertz CT molecular complexity index is 614. The van der Waals surface area contributed by atoms with E-state index in [2.05, 4.69) is 41.0 Å². The molecule has 0 aliphatic heterocycles. The van der Waals surface area contributed by atoms with Crippen molar-refractivity contribution >= 4 is 21.8 Å². The first-order valence-corrected chi connectivity index (χ1v) is 5.91. The van der Waals surface area contributed by atoms with Crippen LogP contribution in [0.15, 0.2) is 48.5 Å². The smallest absolute Gasteiger partial charge is 0.0691 e. The molecule has 2 aromatic carbocycles. The lowest BCUT2D eigenvalue weighted by Gasteiger charge is -2.09. The van der Waals surface area contributed by atoms with Gasteiger partial charge < -0.3 is 9.67 Å². The number of fused-ring (bicyclic) bond motifs is 3. The molecular formula is C15H15NO. The largest absolute Gasteiger partial charge is 0.392 e. The number of hydrogen-bond donors (Lipinski definition) is 1. The second-order valence-corrected chi connectivity index (χ2v) is 4.49. The van der Waals surface area contributed by atoms with E-state index in [-0.39, 0.29) is 6.10 Å². The number of aliphatic hydroxyl groups excluding tert-OH is 1. The minimum atomic E-state index is -0.339. The molecule has 17 heavy (non-hydrogen) atoms. The molecular weight excluding hydrogens is 210 g/mol. The van der Waals surface area contributed by atoms with Gasteiger partial charge in [0.05, 0.1) is 6.10 Å². The maximum atomic E-state index is 9.62. The highest BCUT2D eigenvalue weighted by Crippen LogP contribution is 2.28. The minimum absolute atomic E-state index is 0.339. The number of hydrogen-bond acceptors (Lipinski definition) is 1. The quantitative estimate of drug-likeness (QED) is 0.712. The van der Waals surface area contributed by atoms with E-state index in [4.69, 9.17) is 0 Å². The van der Waals surface area contributed by atoms with Crippen LogP contribution < -0.4 is 0 Å². The highest BCUT2D eigenvalue weighted by molar-refractivity contribution is 6.07. The molecule has 1 heterocycles. The minimum Gasteiger partial charge on any atom is -0.392 e. The number of benzene rings is 2. The Morgan fingerprint density at radius 3 is 1.88 bits per heavy atom. The standard InChI is InChI=1S/C15H15NO/c1-11(17)10-16-14-8-4-2-6-12(14)13-7-3-5-9-15(13)16/h2-9,11,17H,10H2,1H3. The van der Waals surface area contributed by atoms with Crippen molar-refractivity contribution in [3.8, 4) is 0 Å². The van der Waals surface area contributed by atoms with Crippen LogP contribution in [-0.4, -0.2) is 15.8 Å². The Morgan fingerprint density at radius 1 is 0.941 bits per heavy atom. The second-order valence-electron chi connectivity index (χ2n) is 4.49. The van der Waals surface area contributed by atoms with Crippen molar-refractivity contribution in [1.82, 2.24) is 4.57 Å². The van der Waals surface area contributed by atoms with E-state index < -0.39 is 0 Å². The van der Waals surface area contributed by atoms with Gasteiger partial charge in [0, 0.05) is 28.4 Å². The lowest BCUT2D eigenvalue weighted by atomic mass is 10.2. The van der Waals surface area contributed by atoms with Gasteiger partial charge in [0.25, 0.3) is 0 Å². The van der Waals surface area contributed by atoms with Crippen LogP contribution in [0.3, 0.4) is 0 Å². The van der Waals surface area contributed by atoms with E-state index in [1.54, 1.807) is 0 Å². The van der Waals surface area contributed by atoms with Gasteiger partial charge in [0.2, 0.25) is 0 Å².